The van der Waals surface area contributed by atoms with Gasteiger partial charge >= 0.3 is 0 Å². The molecule has 0 spiro atoms. The average molecular weight is 557 g/mol. The van der Waals surface area contributed by atoms with Crippen molar-refractivity contribution in [2.24, 2.45) is 5.92 Å². The Kier molecular flexibility index (Phi) is 9.73. The first kappa shape index (κ1) is 29.5. The van der Waals surface area contributed by atoms with Crippen molar-refractivity contribution in [3.05, 3.63) is 65.2 Å². The van der Waals surface area contributed by atoms with Gasteiger partial charge in [-0.05, 0) is 74.8 Å². The number of nitrogens with zero attached hydrogens (tertiary/aromatic N) is 1. The Balaban J connectivity index is 1.57. The van der Waals surface area contributed by atoms with Gasteiger partial charge in [-0.25, -0.2) is 8.78 Å². The predicted octanol–water partition coefficient (Wildman–Crippen LogP) is 2.74. The summed E-state index contributed by atoms with van der Waals surface area (Å²) in [4.78, 5) is 41.3. The monoisotopic (exact) mass is 556 g/mol. The van der Waals surface area contributed by atoms with E-state index in [9.17, 15) is 23.2 Å². The SMILES string of the molecule is C[C@@H]1CN[C@@H](C2CC2)C(=O)N(C)[C@H](C)C(=O)N[C@H](Cc2ccc(F)c(F)c2)C(=O)NCCCc2ccccc2O1. The summed E-state index contributed by atoms with van der Waals surface area (Å²) >= 11 is 0. The molecule has 1 aliphatic heterocycles. The Labute approximate surface area is 233 Å². The minimum Gasteiger partial charge on any atom is -0.489 e. The fourth-order valence-corrected chi connectivity index (χ4v) is 4.87. The summed E-state index contributed by atoms with van der Waals surface area (Å²) in [7, 11) is 1.57. The van der Waals surface area contributed by atoms with Crippen LogP contribution in [0.1, 0.15) is 44.2 Å². The van der Waals surface area contributed by atoms with Crippen LogP contribution in [-0.4, -0.2) is 67.0 Å². The number of fused-ring (bicyclic) bond motifs is 1. The molecule has 216 valence electrons. The second-order valence-electron chi connectivity index (χ2n) is 10.8. The summed E-state index contributed by atoms with van der Waals surface area (Å²) in [6.07, 6.45) is 2.89. The molecule has 4 atom stereocenters. The molecule has 0 aromatic heterocycles. The number of amides is 3. The van der Waals surface area contributed by atoms with E-state index in [1.807, 2.05) is 31.2 Å². The normalized spacial score (nSPS) is 25.6. The summed E-state index contributed by atoms with van der Waals surface area (Å²) in [6.45, 7) is 4.35. The van der Waals surface area contributed by atoms with E-state index in [1.165, 1.54) is 11.0 Å². The first-order valence-electron chi connectivity index (χ1n) is 13.9. The molecule has 2 aromatic rings. The van der Waals surface area contributed by atoms with Gasteiger partial charge in [0, 0.05) is 26.6 Å². The maximum absolute atomic E-state index is 13.9. The van der Waals surface area contributed by atoms with Crippen LogP contribution in [0.25, 0.3) is 0 Å². The third kappa shape index (κ3) is 7.56. The lowest BCUT2D eigenvalue weighted by Gasteiger charge is -2.31. The summed E-state index contributed by atoms with van der Waals surface area (Å²) < 4.78 is 33.6. The number of carbonyl (C=O) groups excluding carboxylic acids is 3. The molecule has 1 heterocycles. The van der Waals surface area contributed by atoms with Crippen molar-refractivity contribution in [3.8, 4) is 5.75 Å². The van der Waals surface area contributed by atoms with E-state index in [0.717, 1.165) is 36.3 Å². The van der Waals surface area contributed by atoms with Gasteiger partial charge in [0.25, 0.3) is 0 Å². The fourth-order valence-electron chi connectivity index (χ4n) is 4.87. The van der Waals surface area contributed by atoms with Crippen LogP contribution < -0.4 is 20.7 Å². The highest BCUT2D eigenvalue weighted by Gasteiger charge is 2.39. The number of para-hydroxylation sites is 1. The number of hydrogen-bond donors (Lipinski definition) is 3. The van der Waals surface area contributed by atoms with Crippen molar-refractivity contribution in [3.63, 3.8) is 0 Å². The molecule has 4 rings (SSSR count). The Bertz CT molecular complexity index is 1220. The average Bonchev–Trinajstić information content (AvgIpc) is 3.77. The molecule has 1 saturated carbocycles. The molecule has 3 amide bonds. The van der Waals surface area contributed by atoms with E-state index in [0.29, 0.717) is 31.5 Å². The second-order valence-corrected chi connectivity index (χ2v) is 10.8. The number of halogens is 2. The first-order valence-corrected chi connectivity index (χ1v) is 13.9. The number of carbonyl (C=O) groups is 3. The highest BCUT2D eigenvalue weighted by Crippen LogP contribution is 2.33. The van der Waals surface area contributed by atoms with Crippen LogP contribution in [0.4, 0.5) is 8.78 Å². The van der Waals surface area contributed by atoms with Gasteiger partial charge in [-0.2, -0.15) is 0 Å². The lowest BCUT2D eigenvalue weighted by Crippen LogP contribution is -2.57. The summed E-state index contributed by atoms with van der Waals surface area (Å²) in [6, 6.07) is 8.76. The van der Waals surface area contributed by atoms with Gasteiger partial charge in [-0.1, -0.05) is 24.3 Å². The maximum atomic E-state index is 13.9. The van der Waals surface area contributed by atoms with Crippen molar-refractivity contribution < 1.29 is 27.9 Å². The number of rotatable bonds is 3. The third-order valence-electron chi connectivity index (χ3n) is 7.57. The Morgan fingerprint density at radius 3 is 2.48 bits per heavy atom. The second kappa shape index (κ2) is 13.2. The van der Waals surface area contributed by atoms with Crippen molar-refractivity contribution in [2.45, 2.75) is 70.2 Å². The van der Waals surface area contributed by atoms with Crippen molar-refractivity contribution >= 4 is 17.7 Å². The molecule has 10 heteroatoms. The van der Waals surface area contributed by atoms with Crippen molar-refractivity contribution in [1.82, 2.24) is 20.9 Å². The standard InChI is InChI=1S/C30H38F2N4O4/c1-18-17-34-27(22-11-12-22)30(39)36(3)19(2)28(37)35-25(16-20-10-13-23(31)24(32)15-20)29(38)33-14-6-8-21-7-4-5-9-26(21)40-18/h4-5,7,9-10,13,15,18-19,22,25,27,34H,6,8,11-12,14,16-17H2,1-3H3,(H,33,38)(H,35,37)/t18-,19-,25-,27+/m1/s1. The van der Waals surface area contributed by atoms with Gasteiger partial charge < -0.3 is 25.6 Å². The van der Waals surface area contributed by atoms with E-state index in [4.69, 9.17) is 4.74 Å². The van der Waals surface area contributed by atoms with Gasteiger partial charge in [0.2, 0.25) is 17.7 Å². The molecule has 3 N–H and O–H groups in total. The van der Waals surface area contributed by atoms with E-state index in [-0.39, 0.29) is 24.3 Å². The first-order chi connectivity index (χ1) is 19.1. The van der Waals surface area contributed by atoms with E-state index in [1.54, 1.807) is 14.0 Å². The van der Waals surface area contributed by atoms with Crippen molar-refractivity contribution in [2.75, 3.05) is 20.1 Å². The molecular formula is C30H38F2N4O4. The summed E-state index contributed by atoms with van der Waals surface area (Å²) in [5.74, 6) is -2.25. The maximum Gasteiger partial charge on any atom is 0.243 e. The molecule has 0 bridgehead atoms. The van der Waals surface area contributed by atoms with Crippen LogP contribution in [0.3, 0.4) is 0 Å². The number of likely N-dealkylation sites (N-methyl/N-ethyl adjacent to an activating group) is 1. The zero-order chi connectivity index (χ0) is 28.8. The molecule has 40 heavy (non-hydrogen) atoms. The van der Waals surface area contributed by atoms with Gasteiger partial charge in [0.05, 0.1) is 6.04 Å². The molecule has 8 nitrogen and oxygen atoms in total. The van der Waals surface area contributed by atoms with Crippen LogP contribution in [-0.2, 0) is 27.2 Å². The highest BCUT2D eigenvalue weighted by molar-refractivity contribution is 5.93. The molecular weight excluding hydrogens is 518 g/mol. The lowest BCUT2D eigenvalue weighted by molar-refractivity contribution is -0.141. The van der Waals surface area contributed by atoms with Crippen molar-refractivity contribution in [1.29, 1.82) is 0 Å². The van der Waals surface area contributed by atoms with Crippen LogP contribution in [0.5, 0.6) is 5.75 Å². The predicted molar refractivity (Wildman–Crippen MR) is 147 cm³/mol. The molecule has 0 unspecified atom stereocenters. The topological polar surface area (TPSA) is 99.8 Å². The molecule has 2 aromatic carbocycles. The highest BCUT2D eigenvalue weighted by atomic mass is 19.2. The number of aryl methyl sites for hydroxylation is 1. The smallest absolute Gasteiger partial charge is 0.243 e. The minimum atomic E-state index is -1.05. The summed E-state index contributed by atoms with van der Waals surface area (Å²) in [5, 5.41) is 8.95. The molecule has 1 aliphatic carbocycles. The number of benzene rings is 2. The van der Waals surface area contributed by atoms with E-state index in [2.05, 4.69) is 16.0 Å². The van der Waals surface area contributed by atoms with Crippen LogP contribution in [0.15, 0.2) is 42.5 Å². The van der Waals surface area contributed by atoms with Gasteiger partial charge in [-0.15, -0.1) is 0 Å². The molecule has 0 saturated heterocycles. The number of hydrogen-bond acceptors (Lipinski definition) is 5. The van der Waals surface area contributed by atoms with E-state index < -0.39 is 41.6 Å². The zero-order valence-corrected chi connectivity index (χ0v) is 23.2. The van der Waals surface area contributed by atoms with E-state index >= 15 is 0 Å². The zero-order valence-electron chi connectivity index (χ0n) is 23.2. The molecule has 0 radical (unpaired) electrons. The van der Waals surface area contributed by atoms with Gasteiger partial charge in [0.15, 0.2) is 11.6 Å². The van der Waals surface area contributed by atoms with Crippen LogP contribution in [0, 0.1) is 17.6 Å². The van der Waals surface area contributed by atoms with Gasteiger partial charge in [0.1, 0.15) is 23.9 Å². The number of nitrogens with one attached hydrogen (secondary N) is 3. The molecule has 2 aliphatic rings. The Morgan fingerprint density at radius 1 is 1.00 bits per heavy atom. The van der Waals surface area contributed by atoms with Crippen LogP contribution in [0.2, 0.25) is 0 Å². The fraction of sp³-hybridized carbons (Fsp3) is 0.500. The Hall–Kier alpha value is -3.53. The number of ether oxygens (including phenoxy) is 1. The largest absolute Gasteiger partial charge is 0.489 e. The quantitative estimate of drug-likeness (QED) is 0.540. The Morgan fingerprint density at radius 2 is 1.75 bits per heavy atom. The molecule has 1 fully saturated rings. The minimum absolute atomic E-state index is 0.0417. The lowest BCUT2D eigenvalue weighted by atomic mass is 10.0. The van der Waals surface area contributed by atoms with Gasteiger partial charge in [-0.3, -0.25) is 14.4 Å². The summed E-state index contributed by atoms with van der Waals surface area (Å²) in [5.41, 5.74) is 1.36. The third-order valence-corrected chi connectivity index (χ3v) is 7.57. The van der Waals surface area contributed by atoms with Crippen LogP contribution >= 0.6 is 0 Å².